The molecule has 0 radical (unpaired) electrons. The number of H-pyrrole nitrogens is 1. The topological polar surface area (TPSA) is 60.1 Å². The fourth-order valence-electron chi connectivity index (χ4n) is 1.32. The smallest absolute Gasteiger partial charge is 0.242 e. The lowest BCUT2D eigenvalue weighted by atomic mass is 10.3. The minimum Gasteiger partial charge on any atom is -0.396 e. The van der Waals surface area contributed by atoms with E-state index in [-0.39, 0.29) is 13.2 Å². The van der Waals surface area contributed by atoms with Crippen molar-refractivity contribution in [2.45, 2.75) is 32.9 Å². The number of imidazole rings is 1. The molecule has 3 N–H and O–H groups in total. The molecule has 0 spiro atoms. The lowest BCUT2D eigenvalue weighted by Crippen LogP contribution is -2.34. The Bertz CT molecular complexity index is 258. The van der Waals surface area contributed by atoms with Crippen LogP contribution >= 0.6 is 0 Å². The first-order valence-electron chi connectivity index (χ1n) is 4.57. The van der Waals surface area contributed by atoms with Crippen LogP contribution < -0.4 is 4.57 Å². The summed E-state index contributed by atoms with van der Waals surface area (Å²) in [4.78, 5) is 3.00. The quantitative estimate of drug-likeness (QED) is 0.442. The Morgan fingerprint density at radius 2 is 2.15 bits per heavy atom. The first kappa shape index (κ1) is 10.2. The van der Waals surface area contributed by atoms with Crippen LogP contribution in [0.4, 0.5) is 0 Å². The van der Waals surface area contributed by atoms with Crippen molar-refractivity contribution in [1.82, 2.24) is 4.98 Å². The van der Waals surface area contributed by atoms with E-state index in [4.69, 9.17) is 10.2 Å². The monoisotopic (exact) mass is 185 g/mol. The number of hydrogen-bond donors (Lipinski definition) is 3. The molecular weight excluding hydrogens is 168 g/mol. The van der Waals surface area contributed by atoms with E-state index in [0.717, 1.165) is 30.8 Å². The molecule has 0 aliphatic rings. The molecule has 1 heterocycles. The fraction of sp³-hybridized carbons (Fsp3) is 0.667. The summed E-state index contributed by atoms with van der Waals surface area (Å²) in [7, 11) is 0. The molecule has 0 aromatic carbocycles. The molecule has 0 amide bonds. The number of hydrogen-bond acceptors (Lipinski definition) is 2. The zero-order valence-electron chi connectivity index (χ0n) is 7.95. The molecule has 0 fully saturated rings. The minimum absolute atomic E-state index is 0.0544. The van der Waals surface area contributed by atoms with Gasteiger partial charge in [-0.15, -0.1) is 0 Å². The lowest BCUT2D eigenvalue weighted by Gasteiger charge is -1.97. The van der Waals surface area contributed by atoms with E-state index in [1.807, 2.05) is 13.3 Å². The largest absolute Gasteiger partial charge is 0.396 e. The molecule has 4 nitrogen and oxygen atoms in total. The van der Waals surface area contributed by atoms with Crippen LogP contribution in [0.15, 0.2) is 6.33 Å². The Morgan fingerprint density at radius 1 is 1.38 bits per heavy atom. The average Bonchev–Trinajstić information content (AvgIpc) is 2.48. The third-order valence-electron chi connectivity index (χ3n) is 2.23. The number of rotatable bonds is 5. The van der Waals surface area contributed by atoms with Crippen LogP contribution in [0.3, 0.4) is 0 Å². The maximum absolute atomic E-state index is 8.92. The third-order valence-corrected chi connectivity index (χ3v) is 2.23. The first-order chi connectivity index (χ1) is 6.29. The van der Waals surface area contributed by atoms with Crippen molar-refractivity contribution >= 4 is 0 Å². The highest BCUT2D eigenvalue weighted by molar-refractivity contribution is 5.00. The van der Waals surface area contributed by atoms with Crippen molar-refractivity contribution in [2.75, 3.05) is 6.61 Å². The van der Waals surface area contributed by atoms with E-state index in [2.05, 4.69) is 9.55 Å². The molecule has 1 aromatic rings. The van der Waals surface area contributed by atoms with E-state index in [1.54, 1.807) is 0 Å². The summed E-state index contributed by atoms with van der Waals surface area (Å²) in [6.07, 6.45) is 3.65. The Kier molecular flexibility index (Phi) is 3.92. The van der Waals surface area contributed by atoms with Crippen LogP contribution in [0.25, 0.3) is 0 Å². The van der Waals surface area contributed by atoms with Crippen LogP contribution in [0, 0.1) is 6.92 Å². The van der Waals surface area contributed by atoms with Crippen LogP contribution in [0.1, 0.15) is 24.2 Å². The summed E-state index contributed by atoms with van der Waals surface area (Å²) in [6.45, 7) is 3.17. The predicted octanol–water partition coefficient (Wildman–Crippen LogP) is -0.125. The highest BCUT2D eigenvalue weighted by atomic mass is 16.3. The average molecular weight is 185 g/mol. The van der Waals surface area contributed by atoms with Gasteiger partial charge in [0.05, 0.1) is 6.54 Å². The predicted molar refractivity (Wildman–Crippen MR) is 48.0 cm³/mol. The van der Waals surface area contributed by atoms with E-state index in [9.17, 15) is 0 Å². The van der Waals surface area contributed by atoms with Gasteiger partial charge in [0, 0.05) is 13.5 Å². The number of aliphatic hydroxyl groups excluding tert-OH is 2. The Morgan fingerprint density at radius 3 is 2.69 bits per heavy atom. The van der Waals surface area contributed by atoms with Crippen molar-refractivity contribution < 1.29 is 14.8 Å². The Hall–Kier alpha value is -0.870. The number of aliphatic hydroxyl groups is 2. The van der Waals surface area contributed by atoms with Gasteiger partial charge in [-0.25, -0.2) is 9.55 Å². The second-order valence-electron chi connectivity index (χ2n) is 3.12. The molecule has 1 rings (SSSR count). The van der Waals surface area contributed by atoms with Gasteiger partial charge in [-0.1, -0.05) is 0 Å². The molecule has 74 valence electrons. The van der Waals surface area contributed by atoms with Gasteiger partial charge in [-0.2, -0.15) is 0 Å². The van der Waals surface area contributed by atoms with Crippen molar-refractivity contribution in [3.05, 3.63) is 17.7 Å². The zero-order valence-corrected chi connectivity index (χ0v) is 7.95. The van der Waals surface area contributed by atoms with Gasteiger partial charge in [0.15, 0.2) is 5.69 Å². The zero-order chi connectivity index (χ0) is 9.68. The maximum Gasteiger partial charge on any atom is 0.242 e. The standard InChI is InChI=1S/C9H16N2O2/c1-8-9(6-13)10-7-11(8)4-2-3-5-12/h7,12-13H,2-6H2,1H3/p+1. The van der Waals surface area contributed by atoms with E-state index < -0.39 is 0 Å². The second kappa shape index (κ2) is 4.99. The van der Waals surface area contributed by atoms with Crippen LogP contribution in [0.2, 0.25) is 0 Å². The molecule has 0 aliphatic carbocycles. The molecule has 0 unspecified atom stereocenters. The lowest BCUT2D eigenvalue weighted by molar-refractivity contribution is -0.702. The van der Waals surface area contributed by atoms with Crippen molar-refractivity contribution in [3.63, 3.8) is 0 Å². The van der Waals surface area contributed by atoms with E-state index in [1.165, 1.54) is 0 Å². The highest BCUT2D eigenvalue weighted by Crippen LogP contribution is 1.99. The van der Waals surface area contributed by atoms with Gasteiger partial charge in [-0.3, -0.25) is 0 Å². The Balaban J connectivity index is 2.51. The second-order valence-corrected chi connectivity index (χ2v) is 3.12. The first-order valence-corrected chi connectivity index (χ1v) is 4.57. The van der Waals surface area contributed by atoms with Gasteiger partial charge < -0.3 is 10.2 Å². The summed E-state index contributed by atoms with van der Waals surface area (Å²) in [5.74, 6) is 0. The molecule has 0 aliphatic heterocycles. The molecule has 0 saturated carbocycles. The van der Waals surface area contributed by atoms with Gasteiger partial charge in [0.2, 0.25) is 6.33 Å². The van der Waals surface area contributed by atoms with Crippen LogP contribution in [-0.2, 0) is 13.2 Å². The fourth-order valence-corrected chi connectivity index (χ4v) is 1.32. The normalized spacial score (nSPS) is 10.7. The molecule has 13 heavy (non-hydrogen) atoms. The summed E-state index contributed by atoms with van der Waals surface area (Å²) in [6, 6.07) is 0. The molecule has 1 aromatic heterocycles. The molecule has 4 heteroatoms. The van der Waals surface area contributed by atoms with Crippen molar-refractivity contribution in [3.8, 4) is 0 Å². The minimum atomic E-state index is 0.0544. The summed E-state index contributed by atoms with van der Waals surface area (Å²) in [5.41, 5.74) is 1.93. The van der Waals surface area contributed by atoms with Gasteiger partial charge in [-0.05, 0) is 12.8 Å². The molecular formula is C9H17N2O2+. The number of nitrogens with zero attached hydrogens (tertiary/aromatic N) is 1. The molecule has 0 bridgehead atoms. The van der Waals surface area contributed by atoms with Gasteiger partial charge >= 0.3 is 0 Å². The van der Waals surface area contributed by atoms with Crippen molar-refractivity contribution in [1.29, 1.82) is 0 Å². The maximum atomic E-state index is 8.92. The number of aryl methyl sites for hydroxylation is 1. The number of aromatic amines is 1. The summed E-state index contributed by atoms with van der Waals surface area (Å²) >= 11 is 0. The molecule has 0 atom stereocenters. The number of aromatic nitrogens is 2. The SMILES string of the molecule is Cc1c(CO)[nH]c[n+]1CCCCO. The van der Waals surface area contributed by atoms with E-state index >= 15 is 0 Å². The summed E-state index contributed by atoms with van der Waals surface area (Å²) < 4.78 is 2.06. The van der Waals surface area contributed by atoms with Crippen LogP contribution in [-0.4, -0.2) is 21.8 Å². The summed E-state index contributed by atoms with van der Waals surface area (Å²) in [5, 5.41) is 17.5. The molecule has 0 saturated heterocycles. The third kappa shape index (κ3) is 2.54. The Labute approximate surface area is 77.8 Å². The number of unbranched alkanes of at least 4 members (excludes halogenated alkanes) is 1. The van der Waals surface area contributed by atoms with Crippen LogP contribution in [0.5, 0.6) is 0 Å². The van der Waals surface area contributed by atoms with Gasteiger partial charge in [0.1, 0.15) is 12.3 Å². The highest BCUT2D eigenvalue weighted by Gasteiger charge is 2.11. The van der Waals surface area contributed by atoms with Gasteiger partial charge in [0.25, 0.3) is 0 Å². The van der Waals surface area contributed by atoms with Crippen molar-refractivity contribution in [2.24, 2.45) is 0 Å². The van der Waals surface area contributed by atoms with E-state index in [0.29, 0.717) is 0 Å². The number of nitrogens with one attached hydrogen (secondary N) is 1.